The first-order valence-electron chi connectivity index (χ1n) is 7.37. The Hall–Kier alpha value is -0.970. The highest BCUT2D eigenvalue weighted by atomic mass is 79.9. The number of ketones is 1. The summed E-state index contributed by atoms with van der Waals surface area (Å²) in [5, 5.41) is 0. The minimum atomic E-state index is -0.985. The molecular formula is C16H17BrF2O2. The molecule has 2 aliphatic carbocycles. The number of carbonyl (C=O) groups excluding carboxylic acids is 1. The van der Waals surface area contributed by atoms with Crippen LogP contribution in [0, 0.1) is 17.0 Å². The summed E-state index contributed by atoms with van der Waals surface area (Å²) < 4.78 is 33.4. The first-order chi connectivity index (χ1) is 10.0. The lowest BCUT2D eigenvalue weighted by Crippen LogP contribution is -2.56. The van der Waals surface area contributed by atoms with E-state index in [1.54, 1.807) is 0 Å². The fourth-order valence-corrected chi connectivity index (χ4v) is 3.91. The topological polar surface area (TPSA) is 26.3 Å². The van der Waals surface area contributed by atoms with E-state index >= 15 is 0 Å². The fraction of sp³-hybridized carbons (Fsp3) is 0.562. The number of benzene rings is 1. The van der Waals surface area contributed by atoms with Gasteiger partial charge in [-0.15, -0.1) is 0 Å². The van der Waals surface area contributed by atoms with Crippen molar-refractivity contribution in [2.45, 2.75) is 51.0 Å². The second kappa shape index (κ2) is 5.67. The molecule has 0 heterocycles. The van der Waals surface area contributed by atoms with Crippen LogP contribution in [-0.2, 0) is 4.79 Å². The van der Waals surface area contributed by atoms with Crippen LogP contribution < -0.4 is 4.74 Å². The number of hydrogen-bond acceptors (Lipinski definition) is 2. The summed E-state index contributed by atoms with van der Waals surface area (Å²) in [5.41, 5.74) is -0.471. The highest BCUT2D eigenvalue weighted by Gasteiger charge is 2.55. The molecular weight excluding hydrogens is 342 g/mol. The standard InChI is InChI=1S/C16H17BrF2O2/c17-10-7-11(18)15(19)12(8-10)21-14-9-13(20)16(14)5-3-1-2-4-6-16/h7-8,14H,1-6,9H2. The van der Waals surface area contributed by atoms with Crippen molar-refractivity contribution in [1.29, 1.82) is 0 Å². The number of Topliss-reactive ketones (excluding diaryl/α,β-unsaturated/α-hetero) is 1. The van der Waals surface area contributed by atoms with E-state index in [9.17, 15) is 13.6 Å². The molecule has 0 amide bonds. The molecule has 0 saturated heterocycles. The van der Waals surface area contributed by atoms with Gasteiger partial charge in [0, 0.05) is 10.9 Å². The molecule has 0 aromatic heterocycles. The first-order valence-corrected chi connectivity index (χ1v) is 8.17. The van der Waals surface area contributed by atoms with Crippen molar-refractivity contribution in [3.63, 3.8) is 0 Å². The molecule has 1 spiro atoms. The van der Waals surface area contributed by atoms with Crippen LogP contribution in [0.5, 0.6) is 5.75 Å². The van der Waals surface area contributed by atoms with Crippen LogP contribution in [0.1, 0.15) is 44.9 Å². The zero-order chi connectivity index (χ0) is 15.0. The van der Waals surface area contributed by atoms with Gasteiger partial charge in [0.15, 0.2) is 11.6 Å². The lowest BCUT2D eigenvalue weighted by atomic mass is 9.60. The Bertz CT molecular complexity index is 566. The molecule has 2 fully saturated rings. The number of carbonyl (C=O) groups is 1. The van der Waals surface area contributed by atoms with E-state index in [-0.39, 0.29) is 17.6 Å². The first kappa shape index (κ1) is 14.9. The summed E-state index contributed by atoms with van der Waals surface area (Å²) in [4.78, 5) is 12.1. The van der Waals surface area contributed by atoms with Gasteiger partial charge in [-0.1, -0.05) is 41.6 Å². The highest BCUT2D eigenvalue weighted by molar-refractivity contribution is 9.10. The van der Waals surface area contributed by atoms with Crippen molar-refractivity contribution in [3.8, 4) is 5.75 Å². The Kier molecular flexibility index (Phi) is 4.04. The minimum Gasteiger partial charge on any atom is -0.486 e. The quantitative estimate of drug-likeness (QED) is 0.710. The molecule has 1 atom stereocenters. The lowest BCUT2D eigenvalue weighted by Gasteiger charge is -2.47. The molecule has 1 unspecified atom stereocenters. The molecule has 0 bridgehead atoms. The molecule has 2 saturated carbocycles. The van der Waals surface area contributed by atoms with Crippen LogP contribution in [0.25, 0.3) is 0 Å². The zero-order valence-corrected chi connectivity index (χ0v) is 13.2. The lowest BCUT2D eigenvalue weighted by molar-refractivity contribution is -0.154. The van der Waals surface area contributed by atoms with E-state index in [1.165, 1.54) is 6.07 Å². The van der Waals surface area contributed by atoms with Gasteiger partial charge in [-0.05, 0) is 25.0 Å². The SMILES string of the molecule is O=C1CC(Oc2cc(Br)cc(F)c2F)C12CCCCCC2. The third-order valence-electron chi connectivity index (χ3n) is 4.77. The van der Waals surface area contributed by atoms with Crippen LogP contribution >= 0.6 is 15.9 Å². The van der Waals surface area contributed by atoms with Gasteiger partial charge in [-0.3, -0.25) is 4.79 Å². The molecule has 3 rings (SSSR count). The normalized spacial score (nSPS) is 24.5. The van der Waals surface area contributed by atoms with Crippen LogP contribution in [-0.4, -0.2) is 11.9 Å². The van der Waals surface area contributed by atoms with E-state index in [2.05, 4.69) is 15.9 Å². The number of hydrogen-bond donors (Lipinski definition) is 0. The van der Waals surface area contributed by atoms with E-state index in [0.717, 1.165) is 44.6 Å². The van der Waals surface area contributed by atoms with E-state index in [4.69, 9.17) is 4.74 Å². The second-order valence-electron chi connectivity index (χ2n) is 6.00. The number of halogens is 3. The van der Waals surface area contributed by atoms with Crippen molar-refractivity contribution in [2.75, 3.05) is 0 Å². The summed E-state index contributed by atoms with van der Waals surface area (Å²) in [6.07, 6.45) is 5.83. The largest absolute Gasteiger partial charge is 0.486 e. The van der Waals surface area contributed by atoms with Gasteiger partial charge in [-0.2, -0.15) is 4.39 Å². The van der Waals surface area contributed by atoms with Crippen molar-refractivity contribution in [1.82, 2.24) is 0 Å². The van der Waals surface area contributed by atoms with E-state index in [0.29, 0.717) is 10.9 Å². The van der Waals surface area contributed by atoms with Crippen LogP contribution in [0.15, 0.2) is 16.6 Å². The predicted octanol–water partition coefficient (Wildman–Crippen LogP) is 4.79. The highest BCUT2D eigenvalue weighted by Crippen LogP contribution is 2.50. The van der Waals surface area contributed by atoms with E-state index < -0.39 is 17.0 Å². The molecule has 21 heavy (non-hydrogen) atoms. The average molecular weight is 359 g/mol. The van der Waals surface area contributed by atoms with Gasteiger partial charge < -0.3 is 4.74 Å². The predicted molar refractivity (Wildman–Crippen MR) is 78.2 cm³/mol. The van der Waals surface area contributed by atoms with Crippen molar-refractivity contribution in [3.05, 3.63) is 28.2 Å². The summed E-state index contributed by atoms with van der Waals surface area (Å²) in [6.45, 7) is 0. The monoisotopic (exact) mass is 358 g/mol. The number of ether oxygens (including phenoxy) is 1. The van der Waals surface area contributed by atoms with Gasteiger partial charge in [0.2, 0.25) is 5.82 Å². The van der Waals surface area contributed by atoms with Gasteiger partial charge >= 0.3 is 0 Å². The van der Waals surface area contributed by atoms with Crippen LogP contribution in [0.4, 0.5) is 8.78 Å². The molecule has 1 aromatic carbocycles. The van der Waals surface area contributed by atoms with Gasteiger partial charge in [0.1, 0.15) is 11.9 Å². The maximum atomic E-state index is 13.8. The molecule has 2 nitrogen and oxygen atoms in total. The van der Waals surface area contributed by atoms with Gasteiger partial charge in [0.05, 0.1) is 5.41 Å². The molecule has 1 aromatic rings. The Morgan fingerprint density at radius 3 is 2.43 bits per heavy atom. The molecule has 0 aliphatic heterocycles. The summed E-state index contributed by atoms with van der Waals surface area (Å²) in [6, 6.07) is 2.49. The Morgan fingerprint density at radius 2 is 1.81 bits per heavy atom. The summed E-state index contributed by atoms with van der Waals surface area (Å²) in [5.74, 6) is -1.82. The third-order valence-corrected chi connectivity index (χ3v) is 5.22. The van der Waals surface area contributed by atoms with Gasteiger partial charge in [0.25, 0.3) is 0 Å². The maximum absolute atomic E-state index is 13.8. The molecule has 0 radical (unpaired) electrons. The zero-order valence-electron chi connectivity index (χ0n) is 11.6. The van der Waals surface area contributed by atoms with Crippen molar-refractivity contribution >= 4 is 21.7 Å². The average Bonchev–Trinajstić information content (AvgIpc) is 2.71. The summed E-state index contributed by atoms with van der Waals surface area (Å²) >= 11 is 3.14. The molecule has 5 heteroatoms. The minimum absolute atomic E-state index is 0.108. The molecule has 2 aliphatic rings. The van der Waals surface area contributed by atoms with Crippen LogP contribution in [0.2, 0.25) is 0 Å². The van der Waals surface area contributed by atoms with Crippen molar-refractivity contribution < 1.29 is 18.3 Å². The number of rotatable bonds is 2. The maximum Gasteiger partial charge on any atom is 0.200 e. The van der Waals surface area contributed by atoms with Gasteiger partial charge in [-0.25, -0.2) is 4.39 Å². The molecule has 114 valence electrons. The smallest absolute Gasteiger partial charge is 0.200 e. The fourth-order valence-electron chi connectivity index (χ4n) is 3.50. The van der Waals surface area contributed by atoms with Crippen molar-refractivity contribution in [2.24, 2.45) is 5.41 Å². The Morgan fingerprint density at radius 1 is 1.14 bits per heavy atom. The second-order valence-corrected chi connectivity index (χ2v) is 6.92. The van der Waals surface area contributed by atoms with Crippen LogP contribution in [0.3, 0.4) is 0 Å². The van der Waals surface area contributed by atoms with E-state index in [1.807, 2.05) is 0 Å². The molecule has 0 N–H and O–H groups in total. The Labute approximate surface area is 131 Å². The third kappa shape index (κ3) is 2.60. The Balaban J connectivity index is 1.83. The summed E-state index contributed by atoms with van der Waals surface area (Å²) in [7, 11) is 0.